The second-order valence-electron chi connectivity index (χ2n) is 3.66. The molecule has 0 aliphatic heterocycles. The van der Waals surface area contributed by atoms with E-state index in [1.165, 1.54) is 0 Å². The fraction of sp³-hybridized carbons (Fsp3) is 0.667. The van der Waals surface area contributed by atoms with Gasteiger partial charge in [-0.3, -0.25) is 19.2 Å². The molecule has 0 N–H and O–H groups in total. The molecule has 0 amide bonds. The van der Waals surface area contributed by atoms with Crippen LogP contribution in [-0.2, 0) is 19.2 Å². The Bertz CT molecular complexity index is 277. The van der Waals surface area contributed by atoms with Crippen LogP contribution in [0.1, 0.15) is 53.4 Å². The van der Waals surface area contributed by atoms with Crippen LogP contribution in [-0.4, -0.2) is 22.1 Å². The molecule has 0 unspecified atom stereocenters. The topological polar surface area (TPSA) is 68.3 Å². The van der Waals surface area contributed by atoms with Gasteiger partial charge in [-0.1, -0.05) is 27.7 Å². The van der Waals surface area contributed by atoms with E-state index in [4.69, 9.17) is 0 Å². The van der Waals surface area contributed by atoms with Crippen LogP contribution in [0.4, 0.5) is 0 Å². The van der Waals surface area contributed by atoms with Crippen LogP contribution in [0.25, 0.3) is 0 Å². The average Bonchev–Trinajstić information content (AvgIpc) is 2.37. The first-order chi connectivity index (χ1) is 7.93. The van der Waals surface area contributed by atoms with E-state index in [0.717, 1.165) is 0 Å². The molecular weight excluding hydrogens is 239 g/mol. The highest BCUT2D eigenvalue weighted by Gasteiger charge is 2.64. The van der Waals surface area contributed by atoms with Crippen LogP contribution in [0.2, 0.25) is 0 Å². The van der Waals surface area contributed by atoms with E-state index in [1.807, 2.05) is 0 Å². The summed E-state index contributed by atoms with van der Waals surface area (Å²) in [5.74, 6) is 0. The third-order valence-corrected chi connectivity index (χ3v) is 6.96. The summed E-state index contributed by atoms with van der Waals surface area (Å²) >= 11 is 0. The Kier molecular flexibility index (Phi) is 6.40. The molecule has 0 radical (unpaired) electrons. The summed E-state index contributed by atoms with van der Waals surface area (Å²) in [6, 6.07) is 0. The normalized spacial score (nSPS) is 11.1. The number of rotatable bonds is 8. The van der Waals surface area contributed by atoms with Gasteiger partial charge in [0.15, 0.2) is 0 Å². The number of hydrogen-bond acceptors (Lipinski definition) is 4. The molecule has 4 nitrogen and oxygen atoms in total. The third kappa shape index (κ3) is 2.68. The molecule has 0 fully saturated rings. The maximum Gasteiger partial charge on any atom is 0.292 e. The molecule has 0 aromatic rings. The third-order valence-electron chi connectivity index (χ3n) is 2.71. The maximum atomic E-state index is 12.0. The van der Waals surface area contributed by atoms with Gasteiger partial charge in [-0.2, -0.15) is 0 Å². The smallest absolute Gasteiger partial charge is 0.251 e. The molecule has 0 aromatic heterocycles. The minimum absolute atomic E-state index is 0.0665. The van der Waals surface area contributed by atoms with Crippen molar-refractivity contribution in [1.82, 2.24) is 0 Å². The Hall–Kier alpha value is -0.890. The Morgan fingerprint density at radius 1 is 0.588 bits per heavy atom. The molecule has 0 heterocycles. The molecule has 17 heavy (non-hydrogen) atoms. The fourth-order valence-electron chi connectivity index (χ4n) is 1.78. The molecule has 96 valence electrons. The van der Waals surface area contributed by atoms with E-state index in [2.05, 4.69) is 0 Å². The van der Waals surface area contributed by atoms with Crippen LogP contribution in [0.15, 0.2) is 0 Å². The molecule has 0 saturated heterocycles. The quantitative estimate of drug-likeness (QED) is 0.628. The zero-order valence-electron chi connectivity index (χ0n) is 10.9. The Morgan fingerprint density at radius 3 is 0.882 bits per heavy atom. The van der Waals surface area contributed by atoms with Crippen molar-refractivity contribution < 1.29 is 19.2 Å². The molecule has 0 spiro atoms. The van der Waals surface area contributed by atoms with Crippen LogP contribution >= 0.6 is 7.26 Å². The van der Waals surface area contributed by atoms with Gasteiger partial charge in [0.25, 0.3) is 29.4 Å². The predicted molar refractivity (Wildman–Crippen MR) is 68.1 cm³/mol. The molecule has 0 aliphatic carbocycles. The van der Waals surface area contributed by atoms with Crippen molar-refractivity contribution in [2.24, 2.45) is 0 Å². The summed E-state index contributed by atoms with van der Waals surface area (Å²) in [6.07, 6.45) is 0.266. The number of carbonyl (C=O) groups excluding carboxylic acids is 4. The Morgan fingerprint density at radius 2 is 0.765 bits per heavy atom. The molecule has 5 heteroatoms. The number of hydrogen-bond donors (Lipinski definition) is 0. The van der Waals surface area contributed by atoms with Crippen molar-refractivity contribution in [3.63, 3.8) is 0 Å². The molecule has 0 saturated carbocycles. The van der Waals surface area contributed by atoms with Crippen molar-refractivity contribution in [2.75, 3.05) is 0 Å². The average molecular weight is 259 g/mol. The van der Waals surface area contributed by atoms with E-state index in [0.29, 0.717) is 0 Å². The monoisotopic (exact) mass is 259 g/mol. The van der Waals surface area contributed by atoms with Gasteiger partial charge in [0.1, 0.15) is 0 Å². The van der Waals surface area contributed by atoms with Crippen molar-refractivity contribution in [3.05, 3.63) is 0 Å². The Balaban J connectivity index is 5.88. The minimum atomic E-state index is -3.42. The van der Waals surface area contributed by atoms with Crippen LogP contribution < -0.4 is 0 Å². The second kappa shape index (κ2) is 6.75. The first-order valence-electron chi connectivity index (χ1n) is 5.95. The van der Waals surface area contributed by atoms with Gasteiger partial charge in [0.2, 0.25) is 0 Å². The highest BCUT2D eigenvalue weighted by Crippen LogP contribution is 2.64. The van der Waals surface area contributed by atoms with Crippen LogP contribution in [0, 0.1) is 0 Å². The molecule has 0 atom stereocenters. The predicted octanol–water partition coefficient (Wildman–Crippen LogP) is 2.75. The molecule has 0 aromatic carbocycles. The van der Waals surface area contributed by atoms with E-state index >= 15 is 0 Å². The lowest BCUT2D eigenvalue weighted by atomic mass is 10.5. The lowest BCUT2D eigenvalue weighted by Crippen LogP contribution is -2.28. The summed E-state index contributed by atoms with van der Waals surface area (Å²) in [4.78, 5) is 48.1. The van der Waals surface area contributed by atoms with E-state index in [-0.39, 0.29) is 25.7 Å². The second-order valence-corrected chi connectivity index (χ2v) is 7.00. The van der Waals surface area contributed by atoms with Gasteiger partial charge in [0, 0.05) is 25.7 Å². The summed E-state index contributed by atoms with van der Waals surface area (Å²) < 4.78 is 0. The fourth-order valence-corrected chi connectivity index (χ4v) is 5.35. The number of carbonyl (C=O) groups is 4. The first kappa shape index (κ1) is 16.1. The zero-order chi connectivity index (χ0) is 13.6. The SMILES string of the molecule is CCC(=O)[P+](C(=O)CC)(C(=O)CC)C(=O)CC. The van der Waals surface area contributed by atoms with Gasteiger partial charge in [-0.05, 0) is 0 Å². The van der Waals surface area contributed by atoms with Gasteiger partial charge in [-0.15, -0.1) is 0 Å². The Labute approximate surface area is 102 Å². The van der Waals surface area contributed by atoms with Crippen molar-refractivity contribution in [1.29, 1.82) is 0 Å². The summed E-state index contributed by atoms with van der Waals surface area (Å²) in [6.45, 7) is 6.36. The van der Waals surface area contributed by atoms with Crippen LogP contribution in [0.5, 0.6) is 0 Å². The summed E-state index contributed by atoms with van der Waals surface area (Å²) in [5.41, 5.74) is -1.82. The lowest BCUT2D eigenvalue weighted by molar-refractivity contribution is -0.119. The standard InChI is InChI=1S/C12H20O4P/c1-5-9(13)17(10(14)6-2,11(15)7-3)12(16)8-4/h5-8H2,1-4H3/q+1. The molecule has 0 aliphatic rings. The van der Waals surface area contributed by atoms with Gasteiger partial charge in [-0.25, -0.2) is 0 Å². The minimum Gasteiger partial charge on any atom is -0.251 e. The van der Waals surface area contributed by atoms with Crippen molar-refractivity contribution in [3.8, 4) is 0 Å². The van der Waals surface area contributed by atoms with Gasteiger partial charge >= 0.3 is 0 Å². The van der Waals surface area contributed by atoms with Crippen molar-refractivity contribution >= 4 is 29.4 Å². The zero-order valence-corrected chi connectivity index (χ0v) is 11.8. The lowest BCUT2D eigenvalue weighted by Gasteiger charge is -2.17. The highest BCUT2D eigenvalue weighted by molar-refractivity contribution is 8.25. The highest BCUT2D eigenvalue weighted by atomic mass is 31.2. The summed E-state index contributed by atoms with van der Waals surface area (Å²) in [5, 5.41) is 0. The van der Waals surface area contributed by atoms with Gasteiger partial charge in [0.05, 0.1) is 0 Å². The molecular formula is C12H20O4P+. The summed E-state index contributed by atoms with van der Waals surface area (Å²) in [7, 11) is -3.42. The van der Waals surface area contributed by atoms with Gasteiger partial charge < -0.3 is 0 Å². The largest absolute Gasteiger partial charge is 0.292 e. The first-order valence-corrected chi connectivity index (χ1v) is 7.74. The molecule has 0 bridgehead atoms. The maximum absolute atomic E-state index is 12.0. The van der Waals surface area contributed by atoms with Crippen molar-refractivity contribution in [2.45, 2.75) is 53.4 Å². The molecule has 0 rings (SSSR count). The van der Waals surface area contributed by atoms with E-state index in [1.54, 1.807) is 27.7 Å². The van der Waals surface area contributed by atoms with Crippen LogP contribution in [0.3, 0.4) is 0 Å². The van der Waals surface area contributed by atoms with E-state index < -0.39 is 29.4 Å². The van der Waals surface area contributed by atoms with E-state index in [9.17, 15) is 19.2 Å².